The van der Waals surface area contributed by atoms with Crippen LogP contribution in [0.5, 0.6) is 0 Å². The Morgan fingerprint density at radius 3 is 1.91 bits per heavy atom. The number of rotatable bonds is 12. The third-order valence-corrected chi connectivity index (χ3v) is 2.72. The van der Waals surface area contributed by atoms with Gasteiger partial charge in [-0.25, -0.2) is 4.79 Å². The van der Waals surface area contributed by atoms with Gasteiger partial charge in [-0.2, -0.15) is 0 Å². The summed E-state index contributed by atoms with van der Waals surface area (Å²) >= 11 is 0. The van der Waals surface area contributed by atoms with E-state index in [0.717, 1.165) is 25.7 Å². The first-order valence-electron chi connectivity index (χ1n) is 7.61. The quantitative estimate of drug-likeness (QED) is 0.238. The minimum absolute atomic E-state index is 0.00182. The molecule has 0 aromatic heterocycles. The molecule has 0 unspecified atom stereocenters. The Hall–Kier alpha value is -1.85. The van der Waals surface area contributed by atoms with E-state index in [-0.39, 0.29) is 31.6 Å². The van der Waals surface area contributed by atoms with Gasteiger partial charge >= 0.3 is 17.9 Å². The predicted octanol–water partition coefficient (Wildman–Crippen LogP) is 2.55. The summed E-state index contributed by atoms with van der Waals surface area (Å²) in [4.78, 5) is 33.8. The van der Waals surface area contributed by atoms with Gasteiger partial charge in [-0.15, -0.1) is 0 Å². The molecule has 0 N–H and O–H groups in total. The minimum atomic E-state index is -0.525. The maximum atomic E-state index is 11.4. The number of hydrogen-bond donors (Lipinski definition) is 0. The van der Waals surface area contributed by atoms with Crippen LogP contribution in [-0.4, -0.2) is 37.7 Å². The van der Waals surface area contributed by atoms with Crippen LogP contribution in [-0.2, 0) is 28.6 Å². The van der Waals surface area contributed by atoms with Crippen LogP contribution in [0.3, 0.4) is 0 Å². The highest BCUT2D eigenvalue weighted by Gasteiger charge is 2.09. The lowest BCUT2D eigenvalue weighted by Gasteiger charge is -2.06. The van der Waals surface area contributed by atoms with Gasteiger partial charge in [-0.05, 0) is 13.3 Å². The van der Waals surface area contributed by atoms with Gasteiger partial charge in [-0.3, -0.25) is 9.59 Å². The number of ether oxygens (including phenoxy) is 3. The summed E-state index contributed by atoms with van der Waals surface area (Å²) in [6, 6.07) is 0. The molecule has 6 heteroatoms. The number of carbonyl (C=O) groups excluding carboxylic acids is 3. The van der Waals surface area contributed by atoms with E-state index in [9.17, 15) is 14.4 Å². The topological polar surface area (TPSA) is 78.9 Å². The molecule has 0 rings (SSSR count). The molecule has 0 amide bonds. The van der Waals surface area contributed by atoms with Crippen LogP contribution in [0.4, 0.5) is 0 Å². The molecular formula is C16H26O6. The smallest absolute Gasteiger partial charge is 0.333 e. The van der Waals surface area contributed by atoms with Crippen LogP contribution in [0.1, 0.15) is 52.4 Å². The number of esters is 3. The summed E-state index contributed by atoms with van der Waals surface area (Å²) in [5.74, 6) is -1.45. The van der Waals surface area contributed by atoms with Crippen molar-refractivity contribution in [2.75, 3.05) is 19.8 Å². The highest BCUT2D eigenvalue weighted by molar-refractivity contribution is 5.86. The van der Waals surface area contributed by atoms with Crippen LogP contribution >= 0.6 is 0 Å². The lowest BCUT2D eigenvalue weighted by atomic mass is 10.2. The Kier molecular flexibility index (Phi) is 11.8. The highest BCUT2D eigenvalue weighted by atomic mass is 16.6. The summed E-state index contributed by atoms with van der Waals surface area (Å²) < 4.78 is 14.6. The fourth-order valence-electron chi connectivity index (χ4n) is 1.48. The van der Waals surface area contributed by atoms with Crippen molar-refractivity contribution in [1.82, 2.24) is 0 Å². The fourth-order valence-corrected chi connectivity index (χ4v) is 1.48. The Labute approximate surface area is 131 Å². The van der Waals surface area contributed by atoms with Crippen molar-refractivity contribution in [2.45, 2.75) is 52.4 Å². The van der Waals surface area contributed by atoms with E-state index < -0.39 is 17.9 Å². The molecule has 0 saturated carbocycles. The second-order valence-corrected chi connectivity index (χ2v) is 4.92. The van der Waals surface area contributed by atoms with E-state index in [4.69, 9.17) is 14.2 Å². The second kappa shape index (κ2) is 12.9. The van der Waals surface area contributed by atoms with Gasteiger partial charge in [-0.1, -0.05) is 32.8 Å². The molecule has 0 bridgehead atoms. The number of carbonyl (C=O) groups is 3. The molecule has 0 aliphatic rings. The summed E-state index contributed by atoms with van der Waals surface area (Å²) in [6.07, 6.45) is 4.09. The molecule has 0 aromatic carbocycles. The number of unbranched alkanes of at least 4 members (excludes halogenated alkanes) is 3. The van der Waals surface area contributed by atoms with Gasteiger partial charge in [0.1, 0.15) is 13.2 Å². The molecule has 0 aliphatic heterocycles. The van der Waals surface area contributed by atoms with Crippen LogP contribution in [0, 0.1) is 0 Å². The second-order valence-electron chi connectivity index (χ2n) is 4.92. The Morgan fingerprint density at radius 2 is 1.36 bits per heavy atom. The van der Waals surface area contributed by atoms with Crippen molar-refractivity contribution in [3.63, 3.8) is 0 Å². The van der Waals surface area contributed by atoms with Crippen molar-refractivity contribution in [3.8, 4) is 0 Å². The van der Waals surface area contributed by atoms with Crippen LogP contribution in [0.2, 0.25) is 0 Å². The molecule has 0 spiro atoms. The van der Waals surface area contributed by atoms with Gasteiger partial charge in [0.25, 0.3) is 0 Å². The van der Waals surface area contributed by atoms with Crippen molar-refractivity contribution < 1.29 is 28.6 Å². The van der Waals surface area contributed by atoms with Crippen LogP contribution in [0.25, 0.3) is 0 Å². The Bertz CT molecular complexity index is 375. The van der Waals surface area contributed by atoms with Gasteiger partial charge in [0.2, 0.25) is 0 Å². The van der Waals surface area contributed by atoms with Crippen LogP contribution < -0.4 is 0 Å². The van der Waals surface area contributed by atoms with E-state index in [1.807, 2.05) is 0 Å². The van der Waals surface area contributed by atoms with Crippen molar-refractivity contribution in [1.29, 1.82) is 0 Å². The van der Waals surface area contributed by atoms with E-state index in [1.54, 1.807) is 0 Å². The standard InChI is InChI=1S/C16H26O6/c1-4-5-6-7-10-20-14(17)8-9-15(18)21-11-12-22-16(19)13(2)3/h2,4-12H2,1,3H3. The van der Waals surface area contributed by atoms with Crippen molar-refractivity contribution >= 4 is 17.9 Å². The highest BCUT2D eigenvalue weighted by Crippen LogP contribution is 2.01. The maximum Gasteiger partial charge on any atom is 0.333 e. The van der Waals surface area contributed by atoms with E-state index in [1.165, 1.54) is 6.92 Å². The van der Waals surface area contributed by atoms with Gasteiger partial charge in [0.05, 0.1) is 19.4 Å². The monoisotopic (exact) mass is 314 g/mol. The van der Waals surface area contributed by atoms with Gasteiger partial charge in [0, 0.05) is 5.57 Å². The first-order valence-corrected chi connectivity index (χ1v) is 7.61. The van der Waals surface area contributed by atoms with Gasteiger partial charge < -0.3 is 14.2 Å². The van der Waals surface area contributed by atoms with Crippen molar-refractivity contribution in [2.24, 2.45) is 0 Å². The molecule has 0 fully saturated rings. The van der Waals surface area contributed by atoms with Gasteiger partial charge in [0.15, 0.2) is 0 Å². The van der Waals surface area contributed by atoms with Crippen molar-refractivity contribution in [3.05, 3.63) is 12.2 Å². The lowest BCUT2D eigenvalue weighted by Crippen LogP contribution is -2.15. The minimum Gasteiger partial charge on any atom is -0.466 e. The number of hydrogen-bond acceptors (Lipinski definition) is 6. The lowest BCUT2D eigenvalue weighted by molar-refractivity contribution is -0.153. The molecular weight excluding hydrogens is 288 g/mol. The maximum absolute atomic E-state index is 11.4. The SMILES string of the molecule is C=C(C)C(=O)OCCOC(=O)CCC(=O)OCCCCCC. The third kappa shape index (κ3) is 11.9. The molecule has 0 atom stereocenters. The largest absolute Gasteiger partial charge is 0.466 e. The summed E-state index contributed by atoms with van der Waals surface area (Å²) in [6.45, 7) is 7.39. The summed E-state index contributed by atoms with van der Waals surface area (Å²) in [5.41, 5.74) is 0.285. The molecule has 0 heterocycles. The molecule has 126 valence electrons. The first kappa shape index (κ1) is 20.1. The molecule has 0 saturated heterocycles. The first-order chi connectivity index (χ1) is 10.5. The fraction of sp³-hybridized carbons (Fsp3) is 0.688. The molecule has 0 aliphatic carbocycles. The zero-order valence-electron chi connectivity index (χ0n) is 13.5. The third-order valence-electron chi connectivity index (χ3n) is 2.72. The summed E-state index contributed by atoms with van der Waals surface area (Å²) in [7, 11) is 0. The Morgan fingerprint density at radius 1 is 0.818 bits per heavy atom. The molecule has 6 nitrogen and oxygen atoms in total. The molecule has 22 heavy (non-hydrogen) atoms. The van der Waals surface area contributed by atoms with E-state index >= 15 is 0 Å². The normalized spacial score (nSPS) is 9.91. The summed E-state index contributed by atoms with van der Waals surface area (Å²) in [5, 5.41) is 0. The van der Waals surface area contributed by atoms with E-state index in [2.05, 4.69) is 13.5 Å². The Balaban J connectivity index is 3.54. The molecule has 0 radical (unpaired) electrons. The zero-order valence-corrected chi connectivity index (χ0v) is 13.5. The predicted molar refractivity (Wildman–Crippen MR) is 81.1 cm³/mol. The average molecular weight is 314 g/mol. The average Bonchev–Trinajstić information content (AvgIpc) is 2.48. The van der Waals surface area contributed by atoms with Crippen LogP contribution in [0.15, 0.2) is 12.2 Å². The zero-order chi connectivity index (χ0) is 16.8. The molecule has 0 aromatic rings. The van der Waals surface area contributed by atoms with E-state index in [0.29, 0.717) is 6.61 Å².